The molecule has 4 nitrogen and oxygen atoms in total. The minimum atomic E-state index is 0.120. The van der Waals surface area contributed by atoms with Crippen molar-refractivity contribution in [2.24, 2.45) is 0 Å². The molecule has 1 atom stereocenters. The Hall–Kier alpha value is -0.610. The number of ether oxygens (including phenoxy) is 1. The maximum absolute atomic E-state index is 11.6. The van der Waals surface area contributed by atoms with E-state index in [1.807, 2.05) is 0 Å². The molecule has 0 aromatic carbocycles. The predicted molar refractivity (Wildman–Crippen MR) is 66.9 cm³/mol. The number of carbonyl (C=O) groups is 1. The van der Waals surface area contributed by atoms with Gasteiger partial charge in [-0.05, 0) is 32.1 Å². The Morgan fingerprint density at radius 1 is 1.18 bits per heavy atom. The quantitative estimate of drug-likeness (QED) is 0.733. The highest BCUT2D eigenvalue weighted by Crippen LogP contribution is 2.17. The number of rotatable bonds is 6. The highest BCUT2D eigenvalue weighted by atomic mass is 16.5. The van der Waals surface area contributed by atoms with E-state index in [0.29, 0.717) is 18.7 Å². The van der Waals surface area contributed by atoms with Crippen LogP contribution in [0.5, 0.6) is 0 Å². The van der Waals surface area contributed by atoms with Crippen molar-refractivity contribution in [2.45, 2.75) is 57.1 Å². The molecular weight excluding hydrogens is 216 g/mol. The molecule has 98 valence electrons. The molecule has 1 amide bonds. The van der Waals surface area contributed by atoms with Crippen LogP contribution >= 0.6 is 0 Å². The van der Waals surface area contributed by atoms with Crippen molar-refractivity contribution in [3.63, 3.8) is 0 Å². The number of nitrogens with one attached hydrogen (secondary N) is 2. The van der Waals surface area contributed by atoms with Crippen LogP contribution in [0.25, 0.3) is 0 Å². The maximum atomic E-state index is 11.6. The van der Waals surface area contributed by atoms with Gasteiger partial charge in [0.2, 0.25) is 5.91 Å². The summed E-state index contributed by atoms with van der Waals surface area (Å²) in [7, 11) is 0. The van der Waals surface area contributed by atoms with Crippen molar-refractivity contribution in [1.82, 2.24) is 10.6 Å². The third kappa shape index (κ3) is 4.64. The lowest BCUT2D eigenvalue weighted by Crippen LogP contribution is -2.38. The van der Waals surface area contributed by atoms with E-state index in [-0.39, 0.29) is 5.91 Å². The first-order chi connectivity index (χ1) is 8.34. The van der Waals surface area contributed by atoms with Gasteiger partial charge in [0.1, 0.15) is 0 Å². The van der Waals surface area contributed by atoms with E-state index in [0.717, 1.165) is 26.0 Å². The summed E-state index contributed by atoms with van der Waals surface area (Å²) in [5, 5.41) is 6.27. The zero-order valence-corrected chi connectivity index (χ0v) is 10.5. The summed E-state index contributed by atoms with van der Waals surface area (Å²) in [5.41, 5.74) is 0. The lowest BCUT2D eigenvalue weighted by molar-refractivity contribution is -0.120. The van der Waals surface area contributed by atoms with Crippen LogP contribution < -0.4 is 10.6 Å². The standard InChI is InChI=1S/C13H24N2O2/c16-13(10-15-11-4-1-2-5-11)14-8-7-12-6-3-9-17-12/h11-12,15H,1-10H2,(H,14,16). The summed E-state index contributed by atoms with van der Waals surface area (Å²) >= 11 is 0. The molecule has 4 heteroatoms. The average molecular weight is 240 g/mol. The summed E-state index contributed by atoms with van der Waals surface area (Å²) in [4.78, 5) is 11.6. The van der Waals surface area contributed by atoms with E-state index < -0.39 is 0 Å². The van der Waals surface area contributed by atoms with Gasteiger partial charge in [-0.1, -0.05) is 12.8 Å². The topological polar surface area (TPSA) is 50.4 Å². The molecule has 2 aliphatic rings. The SMILES string of the molecule is O=C(CNC1CCCC1)NCCC1CCCO1. The van der Waals surface area contributed by atoms with E-state index in [4.69, 9.17) is 4.74 Å². The van der Waals surface area contributed by atoms with Crippen LogP contribution in [0.1, 0.15) is 44.9 Å². The molecule has 1 saturated carbocycles. The lowest BCUT2D eigenvalue weighted by atomic mass is 10.2. The van der Waals surface area contributed by atoms with Gasteiger partial charge in [-0.15, -0.1) is 0 Å². The van der Waals surface area contributed by atoms with E-state index in [1.165, 1.54) is 32.1 Å². The first-order valence-corrected chi connectivity index (χ1v) is 6.96. The van der Waals surface area contributed by atoms with E-state index in [9.17, 15) is 4.79 Å². The minimum absolute atomic E-state index is 0.120. The highest BCUT2D eigenvalue weighted by Gasteiger charge is 2.16. The Morgan fingerprint density at radius 2 is 2.00 bits per heavy atom. The van der Waals surface area contributed by atoms with Gasteiger partial charge in [0.15, 0.2) is 0 Å². The summed E-state index contributed by atoms with van der Waals surface area (Å²) in [6.45, 7) is 2.11. The summed E-state index contributed by atoms with van der Waals surface area (Å²) in [6, 6.07) is 0.568. The van der Waals surface area contributed by atoms with Gasteiger partial charge in [0.05, 0.1) is 12.6 Å². The molecule has 17 heavy (non-hydrogen) atoms. The van der Waals surface area contributed by atoms with E-state index in [1.54, 1.807) is 0 Å². The van der Waals surface area contributed by atoms with Crippen LogP contribution in [-0.2, 0) is 9.53 Å². The van der Waals surface area contributed by atoms with Gasteiger partial charge in [-0.2, -0.15) is 0 Å². The molecule has 1 saturated heterocycles. The molecule has 1 aliphatic heterocycles. The second-order valence-electron chi connectivity index (χ2n) is 5.14. The molecule has 1 aliphatic carbocycles. The number of amides is 1. The minimum Gasteiger partial charge on any atom is -0.378 e. The van der Waals surface area contributed by atoms with Crippen molar-refractivity contribution in [3.05, 3.63) is 0 Å². The monoisotopic (exact) mass is 240 g/mol. The lowest BCUT2D eigenvalue weighted by Gasteiger charge is -2.13. The van der Waals surface area contributed by atoms with Crippen molar-refractivity contribution >= 4 is 5.91 Å². The van der Waals surface area contributed by atoms with Gasteiger partial charge < -0.3 is 15.4 Å². The highest BCUT2D eigenvalue weighted by molar-refractivity contribution is 5.77. The molecule has 2 fully saturated rings. The van der Waals surface area contributed by atoms with Crippen LogP contribution in [0.2, 0.25) is 0 Å². The Bertz CT molecular complexity index is 234. The smallest absolute Gasteiger partial charge is 0.233 e. The molecule has 0 spiro atoms. The molecular formula is C13H24N2O2. The third-order valence-corrected chi connectivity index (χ3v) is 3.72. The van der Waals surface area contributed by atoms with Crippen LogP contribution in [-0.4, -0.2) is 37.7 Å². The molecule has 2 rings (SSSR count). The second kappa shape index (κ2) is 6.97. The first kappa shape index (κ1) is 12.8. The first-order valence-electron chi connectivity index (χ1n) is 6.96. The largest absolute Gasteiger partial charge is 0.378 e. The van der Waals surface area contributed by atoms with Gasteiger partial charge in [0.25, 0.3) is 0 Å². The summed E-state index contributed by atoms with van der Waals surface area (Å²) < 4.78 is 5.51. The zero-order valence-electron chi connectivity index (χ0n) is 10.5. The average Bonchev–Trinajstić information content (AvgIpc) is 2.99. The van der Waals surface area contributed by atoms with Gasteiger partial charge >= 0.3 is 0 Å². The predicted octanol–water partition coefficient (Wildman–Crippen LogP) is 1.20. The molecule has 1 heterocycles. The van der Waals surface area contributed by atoms with Crippen molar-refractivity contribution < 1.29 is 9.53 Å². The molecule has 2 N–H and O–H groups in total. The van der Waals surface area contributed by atoms with Crippen molar-refractivity contribution in [2.75, 3.05) is 19.7 Å². The summed E-state index contributed by atoms with van der Waals surface area (Å²) in [5.74, 6) is 0.120. The van der Waals surface area contributed by atoms with Gasteiger partial charge in [0, 0.05) is 19.2 Å². The summed E-state index contributed by atoms with van der Waals surface area (Å²) in [6.07, 6.45) is 8.70. The van der Waals surface area contributed by atoms with Crippen LogP contribution in [0.15, 0.2) is 0 Å². The van der Waals surface area contributed by atoms with Crippen molar-refractivity contribution in [3.8, 4) is 0 Å². The zero-order chi connectivity index (χ0) is 11.9. The Balaban J connectivity index is 1.48. The normalized spacial score (nSPS) is 25.3. The molecule has 0 aromatic rings. The fraction of sp³-hybridized carbons (Fsp3) is 0.923. The van der Waals surface area contributed by atoms with Gasteiger partial charge in [-0.3, -0.25) is 4.79 Å². The second-order valence-corrected chi connectivity index (χ2v) is 5.14. The number of carbonyl (C=O) groups excluding carboxylic acids is 1. The molecule has 0 bridgehead atoms. The van der Waals surface area contributed by atoms with E-state index in [2.05, 4.69) is 10.6 Å². The number of hydrogen-bond donors (Lipinski definition) is 2. The molecule has 0 aromatic heterocycles. The molecule has 1 unspecified atom stereocenters. The van der Waals surface area contributed by atoms with E-state index >= 15 is 0 Å². The van der Waals surface area contributed by atoms with Crippen LogP contribution in [0.4, 0.5) is 0 Å². The maximum Gasteiger partial charge on any atom is 0.233 e. The fourth-order valence-corrected chi connectivity index (χ4v) is 2.67. The molecule has 0 radical (unpaired) electrons. The third-order valence-electron chi connectivity index (χ3n) is 3.72. The fourth-order valence-electron chi connectivity index (χ4n) is 2.67. The van der Waals surface area contributed by atoms with Crippen molar-refractivity contribution in [1.29, 1.82) is 0 Å². The Morgan fingerprint density at radius 3 is 2.71 bits per heavy atom. The van der Waals surface area contributed by atoms with Crippen LogP contribution in [0, 0.1) is 0 Å². The Kier molecular flexibility index (Phi) is 5.26. The number of hydrogen-bond acceptors (Lipinski definition) is 3. The Labute approximate surface area is 103 Å². The van der Waals surface area contributed by atoms with Gasteiger partial charge in [-0.25, -0.2) is 0 Å². The van der Waals surface area contributed by atoms with Crippen LogP contribution in [0.3, 0.4) is 0 Å².